The van der Waals surface area contributed by atoms with Crippen LogP contribution in [-0.2, 0) is 6.54 Å². The summed E-state index contributed by atoms with van der Waals surface area (Å²) in [5.41, 5.74) is 1.22. The van der Waals surface area contributed by atoms with E-state index in [2.05, 4.69) is 38.1 Å². The molecule has 1 aliphatic carbocycles. The number of aromatic nitrogens is 3. The van der Waals surface area contributed by atoms with Gasteiger partial charge in [0.15, 0.2) is 0 Å². The van der Waals surface area contributed by atoms with E-state index in [1.54, 1.807) is 12.7 Å². The summed E-state index contributed by atoms with van der Waals surface area (Å²) in [6.45, 7) is 0.853. The number of hydrogen-bond acceptors (Lipinski definition) is 2. The Labute approximate surface area is 119 Å². The molecule has 0 amide bonds. The van der Waals surface area contributed by atoms with Crippen LogP contribution < -0.4 is 0 Å². The second-order valence-corrected chi connectivity index (χ2v) is 6.05. The molecule has 0 radical (unpaired) electrons. The third-order valence-electron chi connectivity index (χ3n) is 3.40. The molecule has 1 aliphatic rings. The summed E-state index contributed by atoms with van der Waals surface area (Å²) in [6, 6.07) is 6.14. The average molecular weight is 327 g/mol. The van der Waals surface area contributed by atoms with Crippen LogP contribution in [0.15, 0.2) is 35.3 Å². The van der Waals surface area contributed by atoms with Crippen molar-refractivity contribution in [1.82, 2.24) is 14.8 Å². The lowest BCUT2D eigenvalue weighted by atomic mass is 9.94. The van der Waals surface area contributed by atoms with E-state index in [4.69, 9.17) is 11.6 Å². The number of nitrogens with zero attached hydrogens (tertiary/aromatic N) is 3. The van der Waals surface area contributed by atoms with Crippen LogP contribution in [0, 0.1) is 5.92 Å². The van der Waals surface area contributed by atoms with Gasteiger partial charge in [0.1, 0.15) is 12.7 Å². The molecule has 1 heterocycles. The van der Waals surface area contributed by atoms with Gasteiger partial charge in [-0.2, -0.15) is 5.10 Å². The van der Waals surface area contributed by atoms with E-state index in [-0.39, 0.29) is 0 Å². The van der Waals surface area contributed by atoms with Gasteiger partial charge in [-0.1, -0.05) is 33.6 Å². The average Bonchev–Trinajstić information content (AvgIpc) is 3.05. The van der Waals surface area contributed by atoms with Crippen molar-refractivity contribution in [2.75, 3.05) is 0 Å². The molecule has 1 fully saturated rings. The van der Waals surface area contributed by atoms with Gasteiger partial charge < -0.3 is 0 Å². The van der Waals surface area contributed by atoms with Crippen molar-refractivity contribution in [3.8, 4) is 0 Å². The van der Waals surface area contributed by atoms with E-state index in [1.165, 1.54) is 18.4 Å². The van der Waals surface area contributed by atoms with E-state index in [9.17, 15) is 0 Å². The van der Waals surface area contributed by atoms with Crippen molar-refractivity contribution in [3.63, 3.8) is 0 Å². The van der Waals surface area contributed by atoms with Gasteiger partial charge >= 0.3 is 0 Å². The Hall–Kier alpha value is -0.870. The Balaban J connectivity index is 1.89. The number of halogens is 2. The monoisotopic (exact) mass is 325 g/mol. The van der Waals surface area contributed by atoms with Gasteiger partial charge in [-0.25, -0.2) is 4.98 Å². The van der Waals surface area contributed by atoms with Gasteiger partial charge in [0.2, 0.25) is 0 Å². The highest BCUT2D eigenvalue weighted by atomic mass is 79.9. The minimum Gasteiger partial charge on any atom is -0.252 e. The third kappa shape index (κ3) is 2.59. The largest absolute Gasteiger partial charge is 0.252 e. The molecule has 0 saturated heterocycles. The maximum absolute atomic E-state index is 6.36. The Bertz CT molecular complexity index is 537. The Morgan fingerprint density at radius 1 is 1.44 bits per heavy atom. The molecule has 0 spiro atoms. The molecule has 1 aromatic carbocycles. The van der Waals surface area contributed by atoms with Crippen LogP contribution in [-0.4, -0.2) is 14.8 Å². The Morgan fingerprint density at radius 3 is 2.89 bits per heavy atom. The van der Waals surface area contributed by atoms with E-state index >= 15 is 0 Å². The summed E-state index contributed by atoms with van der Waals surface area (Å²) >= 11 is 9.81. The first-order valence-electron chi connectivity index (χ1n) is 6.01. The molecule has 2 aromatic rings. The standard InChI is InChI=1S/C13H13BrClN3/c14-10-3-4-11(13(15)5-10)12(9-1-2-9)6-18-8-16-7-17-18/h3-5,7-9,12H,1-2,6H2. The van der Waals surface area contributed by atoms with Crippen molar-refractivity contribution in [2.24, 2.45) is 5.92 Å². The molecule has 1 saturated carbocycles. The zero-order chi connectivity index (χ0) is 12.5. The first-order chi connectivity index (χ1) is 8.74. The number of rotatable bonds is 4. The van der Waals surface area contributed by atoms with Crippen LogP contribution in [0.3, 0.4) is 0 Å². The van der Waals surface area contributed by atoms with Crippen LogP contribution in [0.2, 0.25) is 5.02 Å². The first kappa shape index (κ1) is 12.2. The van der Waals surface area contributed by atoms with Crippen LogP contribution in [0.5, 0.6) is 0 Å². The maximum Gasteiger partial charge on any atom is 0.137 e. The Kier molecular flexibility index (Phi) is 3.39. The molecular weight excluding hydrogens is 314 g/mol. The van der Waals surface area contributed by atoms with Crippen LogP contribution in [0.25, 0.3) is 0 Å². The Morgan fingerprint density at radius 2 is 2.28 bits per heavy atom. The van der Waals surface area contributed by atoms with E-state index in [0.29, 0.717) is 5.92 Å². The van der Waals surface area contributed by atoms with Crippen molar-refractivity contribution in [1.29, 1.82) is 0 Å². The molecule has 0 N–H and O–H groups in total. The SMILES string of the molecule is Clc1cc(Br)ccc1C(Cn1cncn1)C1CC1. The summed E-state index contributed by atoms with van der Waals surface area (Å²) in [5, 5.41) is 5.03. The zero-order valence-electron chi connectivity index (χ0n) is 9.76. The van der Waals surface area contributed by atoms with Crippen molar-refractivity contribution >= 4 is 27.5 Å². The summed E-state index contributed by atoms with van der Waals surface area (Å²) in [5.74, 6) is 1.17. The lowest BCUT2D eigenvalue weighted by Crippen LogP contribution is -2.12. The summed E-state index contributed by atoms with van der Waals surface area (Å²) in [6.07, 6.45) is 5.91. The highest BCUT2D eigenvalue weighted by Gasteiger charge is 2.33. The second-order valence-electron chi connectivity index (χ2n) is 4.73. The lowest BCUT2D eigenvalue weighted by molar-refractivity contribution is 0.473. The first-order valence-corrected chi connectivity index (χ1v) is 7.18. The van der Waals surface area contributed by atoms with Gasteiger partial charge in [0.05, 0.1) is 0 Å². The molecule has 0 aliphatic heterocycles. The predicted molar refractivity (Wildman–Crippen MR) is 74.6 cm³/mol. The fraction of sp³-hybridized carbons (Fsp3) is 0.385. The molecular formula is C13H13BrClN3. The number of benzene rings is 1. The van der Waals surface area contributed by atoms with Crippen LogP contribution >= 0.6 is 27.5 Å². The topological polar surface area (TPSA) is 30.7 Å². The fourth-order valence-electron chi connectivity index (χ4n) is 2.33. The summed E-state index contributed by atoms with van der Waals surface area (Å²) in [4.78, 5) is 4.00. The van der Waals surface area contributed by atoms with Crippen molar-refractivity contribution in [3.05, 3.63) is 45.9 Å². The van der Waals surface area contributed by atoms with Crippen LogP contribution in [0.4, 0.5) is 0 Å². The molecule has 1 unspecified atom stereocenters. The van der Waals surface area contributed by atoms with Crippen LogP contribution in [0.1, 0.15) is 24.3 Å². The second kappa shape index (κ2) is 5.02. The van der Waals surface area contributed by atoms with Gasteiger partial charge in [-0.3, -0.25) is 4.68 Å². The smallest absolute Gasteiger partial charge is 0.137 e. The molecule has 1 atom stereocenters. The molecule has 94 valence electrons. The summed E-state index contributed by atoms with van der Waals surface area (Å²) < 4.78 is 2.91. The quantitative estimate of drug-likeness (QED) is 0.853. The normalized spacial score (nSPS) is 16.8. The molecule has 5 heteroatoms. The number of hydrogen-bond donors (Lipinski definition) is 0. The highest BCUT2D eigenvalue weighted by molar-refractivity contribution is 9.10. The van der Waals surface area contributed by atoms with E-state index < -0.39 is 0 Å². The molecule has 18 heavy (non-hydrogen) atoms. The molecule has 3 rings (SSSR count). The minimum absolute atomic E-state index is 0.437. The van der Waals surface area contributed by atoms with Gasteiger partial charge in [0.25, 0.3) is 0 Å². The van der Waals surface area contributed by atoms with Crippen molar-refractivity contribution in [2.45, 2.75) is 25.3 Å². The maximum atomic E-state index is 6.36. The zero-order valence-corrected chi connectivity index (χ0v) is 12.1. The highest BCUT2D eigenvalue weighted by Crippen LogP contribution is 2.45. The predicted octanol–water partition coefficient (Wildman–Crippen LogP) is 3.89. The van der Waals surface area contributed by atoms with Gasteiger partial charge in [-0.15, -0.1) is 0 Å². The lowest BCUT2D eigenvalue weighted by Gasteiger charge is -2.18. The summed E-state index contributed by atoms with van der Waals surface area (Å²) in [7, 11) is 0. The van der Waals surface area contributed by atoms with Gasteiger partial charge in [0, 0.05) is 22.0 Å². The molecule has 0 bridgehead atoms. The van der Waals surface area contributed by atoms with Gasteiger partial charge in [-0.05, 0) is 36.5 Å². The van der Waals surface area contributed by atoms with E-state index in [1.807, 2.05) is 10.7 Å². The minimum atomic E-state index is 0.437. The fourth-order valence-corrected chi connectivity index (χ4v) is 3.14. The van der Waals surface area contributed by atoms with Crippen molar-refractivity contribution < 1.29 is 0 Å². The molecule has 3 nitrogen and oxygen atoms in total. The third-order valence-corrected chi connectivity index (χ3v) is 4.22. The molecule has 1 aromatic heterocycles. The van der Waals surface area contributed by atoms with E-state index in [0.717, 1.165) is 22.0 Å².